The van der Waals surface area contributed by atoms with Gasteiger partial charge in [-0.1, -0.05) is 0 Å². The number of furan rings is 1. The Morgan fingerprint density at radius 1 is 1.53 bits per heavy atom. The van der Waals surface area contributed by atoms with E-state index in [1.54, 1.807) is 6.92 Å². The van der Waals surface area contributed by atoms with Crippen LogP contribution in [0.4, 0.5) is 0 Å². The molecular weight excluding hydrogens is 223 g/mol. The monoisotopic (exact) mass is 234 g/mol. The Bertz CT molecular complexity index is 390. The molecule has 84 valence electrons. The van der Waals surface area contributed by atoms with Gasteiger partial charge in [0.25, 0.3) is 0 Å². The summed E-state index contributed by atoms with van der Waals surface area (Å²) in [7, 11) is -4.17. The largest absolute Gasteiger partial charge is 0.460 e. The number of esters is 1. The predicted octanol–water partition coefficient (Wildman–Crippen LogP) is 1.13. The molecule has 7 heteroatoms. The van der Waals surface area contributed by atoms with Gasteiger partial charge < -0.3 is 18.9 Å². The van der Waals surface area contributed by atoms with Gasteiger partial charge in [-0.25, -0.2) is 4.79 Å². The molecule has 0 spiro atoms. The number of hydrogen-bond acceptors (Lipinski definition) is 4. The topological polar surface area (TPSA) is 97.0 Å². The van der Waals surface area contributed by atoms with Crippen molar-refractivity contribution in [2.45, 2.75) is 13.1 Å². The van der Waals surface area contributed by atoms with Crippen molar-refractivity contribution < 1.29 is 28.3 Å². The third kappa shape index (κ3) is 3.87. The minimum atomic E-state index is -4.17. The molecule has 15 heavy (non-hydrogen) atoms. The number of hydrogen-bond donors (Lipinski definition) is 2. The summed E-state index contributed by atoms with van der Waals surface area (Å²) in [5, 5.41) is 0. The van der Waals surface area contributed by atoms with Crippen molar-refractivity contribution in [3.8, 4) is 0 Å². The molecule has 2 N–H and O–H groups in total. The fourth-order valence-corrected chi connectivity index (χ4v) is 1.55. The average molecular weight is 234 g/mol. The van der Waals surface area contributed by atoms with Crippen molar-refractivity contribution in [3.05, 3.63) is 23.7 Å². The second-order valence-electron chi connectivity index (χ2n) is 2.81. The zero-order valence-electron chi connectivity index (χ0n) is 8.04. The van der Waals surface area contributed by atoms with Gasteiger partial charge in [0, 0.05) is 0 Å². The van der Waals surface area contributed by atoms with Gasteiger partial charge in [0.2, 0.25) is 5.76 Å². The Morgan fingerprint density at radius 3 is 2.73 bits per heavy atom. The van der Waals surface area contributed by atoms with Crippen molar-refractivity contribution in [2.24, 2.45) is 0 Å². The molecule has 0 saturated carbocycles. The van der Waals surface area contributed by atoms with Crippen molar-refractivity contribution in [3.63, 3.8) is 0 Å². The molecular formula is C8H11O6P. The molecule has 0 aliphatic rings. The van der Waals surface area contributed by atoms with Crippen LogP contribution in [0.1, 0.15) is 23.2 Å². The molecule has 0 atom stereocenters. The summed E-state index contributed by atoms with van der Waals surface area (Å²) < 4.78 is 20.2. The summed E-state index contributed by atoms with van der Waals surface area (Å²) in [5.41, 5.74) is 0. The van der Waals surface area contributed by atoms with Crippen LogP contribution in [0.3, 0.4) is 0 Å². The maximum Gasteiger partial charge on any atom is 0.374 e. The highest BCUT2D eigenvalue weighted by molar-refractivity contribution is 7.50. The van der Waals surface area contributed by atoms with Gasteiger partial charge in [0.15, 0.2) is 0 Å². The lowest BCUT2D eigenvalue weighted by atomic mass is 10.4. The molecule has 1 heterocycles. The number of carbonyl (C=O) groups excluding carboxylic acids is 1. The van der Waals surface area contributed by atoms with Gasteiger partial charge in [-0.2, -0.15) is 0 Å². The van der Waals surface area contributed by atoms with E-state index in [1.165, 1.54) is 12.1 Å². The Balaban J connectivity index is 2.72. The first-order valence-corrected chi connectivity index (χ1v) is 6.02. The van der Waals surface area contributed by atoms with Crippen molar-refractivity contribution in [2.75, 3.05) is 6.61 Å². The van der Waals surface area contributed by atoms with Crippen LogP contribution >= 0.6 is 7.60 Å². The molecule has 0 fully saturated rings. The van der Waals surface area contributed by atoms with E-state index in [0.29, 0.717) is 0 Å². The highest BCUT2D eigenvalue weighted by Crippen LogP contribution is 2.39. The highest BCUT2D eigenvalue weighted by atomic mass is 31.2. The zero-order valence-corrected chi connectivity index (χ0v) is 8.94. The molecule has 1 aromatic rings. The summed E-state index contributed by atoms with van der Waals surface area (Å²) in [6.07, 6.45) is -0.521. The summed E-state index contributed by atoms with van der Waals surface area (Å²) in [6, 6.07) is 2.66. The van der Waals surface area contributed by atoms with E-state index in [4.69, 9.17) is 14.2 Å². The summed E-state index contributed by atoms with van der Waals surface area (Å²) in [4.78, 5) is 28.4. The van der Waals surface area contributed by atoms with Crippen molar-refractivity contribution in [1.29, 1.82) is 0 Å². The van der Waals surface area contributed by atoms with Crippen LogP contribution in [0.15, 0.2) is 16.5 Å². The van der Waals surface area contributed by atoms with E-state index in [9.17, 15) is 9.36 Å². The molecule has 0 unspecified atom stereocenters. The molecule has 0 saturated heterocycles. The van der Waals surface area contributed by atoms with E-state index < -0.39 is 19.7 Å². The lowest BCUT2D eigenvalue weighted by molar-refractivity contribution is 0.0488. The van der Waals surface area contributed by atoms with Crippen molar-refractivity contribution in [1.82, 2.24) is 0 Å². The SMILES string of the molecule is CCOC(=O)c1ccc(CP(=O)(O)O)o1. The van der Waals surface area contributed by atoms with Crippen molar-refractivity contribution >= 4 is 13.6 Å². The molecule has 0 amide bonds. The van der Waals surface area contributed by atoms with Crippen LogP contribution in [-0.2, 0) is 15.5 Å². The van der Waals surface area contributed by atoms with E-state index in [2.05, 4.69) is 4.74 Å². The minimum absolute atomic E-state index is 0.0553. The van der Waals surface area contributed by atoms with E-state index in [1.807, 2.05) is 0 Å². The van der Waals surface area contributed by atoms with Crippen LogP contribution in [0.2, 0.25) is 0 Å². The first-order valence-electron chi connectivity index (χ1n) is 4.23. The van der Waals surface area contributed by atoms with E-state index in [-0.39, 0.29) is 18.1 Å². The van der Waals surface area contributed by atoms with Gasteiger partial charge in [-0.05, 0) is 19.1 Å². The lowest BCUT2D eigenvalue weighted by Gasteiger charge is -2.00. The van der Waals surface area contributed by atoms with Gasteiger partial charge in [-0.15, -0.1) is 0 Å². The molecule has 0 aliphatic heterocycles. The van der Waals surface area contributed by atoms with E-state index in [0.717, 1.165) is 0 Å². The zero-order chi connectivity index (χ0) is 11.5. The molecule has 0 radical (unpaired) electrons. The normalized spacial score (nSPS) is 11.4. The fraction of sp³-hybridized carbons (Fsp3) is 0.375. The second-order valence-corrected chi connectivity index (χ2v) is 4.45. The number of rotatable bonds is 4. The minimum Gasteiger partial charge on any atom is -0.460 e. The molecule has 0 aliphatic carbocycles. The highest BCUT2D eigenvalue weighted by Gasteiger charge is 2.19. The molecule has 0 aromatic carbocycles. The smallest absolute Gasteiger partial charge is 0.374 e. The van der Waals surface area contributed by atoms with Gasteiger partial charge in [0.1, 0.15) is 11.9 Å². The third-order valence-corrected chi connectivity index (χ3v) is 2.22. The summed E-state index contributed by atoms with van der Waals surface area (Å²) >= 11 is 0. The first-order chi connectivity index (χ1) is 6.92. The van der Waals surface area contributed by atoms with Crippen LogP contribution in [0, 0.1) is 0 Å². The Kier molecular flexibility index (Phi) is 3.68. The second kappa shape index (κ2) is 4.61. The Morgan fingerprint density at radius 2 is 2.20 bits per heavy atom. The van der Waals surface area contributed by atoms with Crippen LogP contribution < -0.4 is 0 Å². The van der Waals surface area contributed by atoms with Gasteiger partial charge in [-0.3, -0.25) is 4.57 Å². The molecule has 1 rings (SSSR count). The Hall–Kier alpha value is -1.10. The predicted molar refractivity (Wildman–Crippen MR) is 50.4 cm³/mol. The van der Waals surface area contributed by atoms with E-state index >= 15 is 0 Å². The molecule has 6 nitrogen and oxygen atoms in total. The summed E-state index contributed by atoms with van der Waals surface area (Å²) in [5.74, 6) is -0.638. The fourth-order valence-electron chi connectivity index (χ4n) is 0.978. The van der Waals surface area contributed by atoms with Gasteiger partial charge in [0.05, 0.1) is 6.61 Å². The summed E-state index contributed by atoms with van der Waals surface area (Å²) in [6.45, 7) is 1.87. The first kappa shape index (κ1) is 12.0. The number of carbonyl (C=O) groups is 1. The maximum absolute atomic E-state index is 11.1. The quantitative estimate of drug-likeness (QED) is 0.598. The lowest BCUT2D eigenvalue weighted by Crippen LogP contribution is -2.02. The average Bonchev–Trinajstić information content (AvgIpc) is 2.50. The van der Waals surface area contributed by atoms with Gasteiger partial charge >= 0.3 is 13.6 Å². The molecule has 1 aromatic heterocycles. The van der Waals surface area contributed by atoms with Crippen LogP contribution in [-0.4, -0.2) is 22.4 Å². The third-order valence-electron chi connectivity index (χ3n) is 1.50. The standard InChI is InChI=1S/C8H11O6P/c1-2-13-8(9)7-4-3-6(14-7)5-15(10,11)12/h3-4H,2,5H2,1H3,(H2,10,11,12). The van der Waals surface area contributed by atoms with Crippen LogP contribution in [0.25, 0.3) is 0 Å². The number of ether oxygens (including phenoxy) is 1. The molecule has 0 bridgehead atoms. The Labute approximate surface area is 86.0 Å². The van der Waals surface area contributed by atoms with Crippen LogP contribution in [0.5, 0.6) is 0 Å². The maximum atomic E-state index is 11.1.